The van der Waals surface area contributed by atoms with Crippen LogP contribution in [0.25, 0.3) is 143 Å². The molecule has 7 unspecified atom stereocenters. The van der Waals surface area contributed by atoms with Crippen LogP contribution in [0.15, 0.2) is 322 Å². The second-order valence-electron chi connectivity index (χ2n) is 32.6. The lowest BCUT2D eigenvalue weighted by molar-refractivity contribution is 0.337. The Morgan fingerprint density at radius 3 is 2.02 bits per heavy atom. The maximum atomic E-state index is 2.80. The van der Waals surface area contributed by atoms with Crippen molar-refractivity contribution in [1.82, 2.24) is 9.13 Å². The molecule has 2 heteroatoms. The number of allylic oxidation sites excluding steroid dienone is 13. The van der Waals surface area contributed by atoms with E-state index in [1.165, 1.54) is 227 Å². The van der Waals surface area contributed by atoms with Gasteiger partial charge in [-0.3, -0.25) is 0 Å². The van der Waals surface area contributed by atoms with Gasteiger partial charge in [0.25, 0.3) is 0 Å². The minimum Gasteiger partial charge on any atom is -0.333 e. The maximum Gasteiger partial charge on any atom is 0.0625 e. The first-order valence-corrected chi connectivity index (χ1v) is 39.3. The zero-order valence-electron chi connectivity index (χ0n) is 59.7. The van der Waals surface area contributed by atoms with Crippen molar-refractivity contribution in [2.75, 3.05) is 0 Å². The zero-order valence-corrected chi connectivity index (χ0v) is 59.7. The Labute approximate surface area is 626 Å². The van der Waals surface area contributed by atoms with Crippen molar-refractivity contribution in [3.63, 3.8) is 0 Å². The Bertz CT molecular complexity index is 7150. The van der Waals surface area contributed by atoms with Crippen LogP contribution in [0.5, 0.6) is 0 Å². The van der Waals surface area contributed by atoms with Crippen LogP contribution >= 0.6 is 0 Å². The molecule has 10 aliphatic carbocycles. The minimum absolute atomic E-state index is 0.0736. The fourth-order valence-electron chi connectivity index (χ4n) is 23.3. The number of hydrogen-bond acceptors (Lipinski definition) is 0. The van der Waals surface area contributed by atoms with Gasteiger partial charge >= 0.3 is 0 Å². The van der Waals surface area contributed by atoms with Crippen molar-refractivity contribution in [2.24, 2.45) is 17.8 Å². The van der Waals surface area contributed by atoms with Gasteiger partial charge in [0.05, 0.1) is 28.3 Å². The number of hydrogen-bond donors (Lipinski definition) is 0. The third kappa shape index (κ3) is 7.67. The molecule has 2 nitrogen and oxygen atoms in total. The first-order valence-electron chi connectivity index (χ1n) is 39.3. The molecule has 0 saturated heterocycles. The fourth-order valence-corrected chi connectivity index (χ4v) is 23.3. The molecular weight excluding hydrogens is 1300 g/mol. The second kappa shape index (κ2) is 21.3. The quantitative estimate of drug-likeness (QED) is 0.163. The summed E-state index contributed by atoms with van der Waals surface area (Å²) < 4.78 is 5.45. The minimum atomic E-state index is 0.0736. The second-order valence-corrected chi connectivity index (χ2v) is 32.6. The molecule has 0 bridgehead atoms. The summed E-state index contributed by atoms with van der Waals surface area (Å²) in [5, 5.41) is 11.8. The number of aromatic nitrogens is 2. The SMILES string of the molecule is C[C@H]1C2c3c(cccc3C3C=C(c4ccc5cc6c7c(n(C8C=CC=C(c9ccc%10c(c9)Cc9ccccc9-%10)C8)c6cc5c4)-c4ccccc4C4=C5c6ccccc6-c6cccc(c65)C47)C=CC31)-c1c2c2ccccc2c2c1c1cc3ccccc3cc1n2-c1cccc(C2=CC=CC3c4ccccc4CC23)c1. The molecule has 0 spiro atoms. The van der Waals surface area contributed by atoms with E-state index < -0.39 is 0 Å². The zero-order chi connectivity index (χ0) is 70.0. The van der Waals surface area contributed by atoms with Gasteiger partial charge in [-0.15, -0.1) is 0 Å². The van der Waals surface area contributed by atoms with Gasteiger partial charge in [0, 0.05) is 56.5 Å². The Kier molecular flexibility index (Phi) is 11.6. The molecule has 0 fully saturated rings. The van der Waals surface area contributed by atoms with Gasteiger partial charge in [0.2, 0.25) is 0 Å². The van der Waals surface area contributed by atoms with E-state index in [2.05, 4.69) is 338 Å². The maximum absolute atomic E-state index is 2.80. The van der Waals surface area contributed by atoms with Gasteiger partial charge < -0.3 is 9.13 Å². The highest BCUT2D eigenvalue weighted by atomic mass is 15.0. The smallest absolute Gasteiger partial charge is 0.0625 e. The molecular formula is C106H70N2. The summed E-state index contributed by atoms with van der Waals surface area (Å²) in [6.07, 6.45) is 25.1. The van der Waals surface area contributed by atoms with Crippen molar-refractivity contribution < 1.29 is 0 Å². The third-order valence-corrected chi connectivity index (χ3v) is 27.7. The van der Waals surface area contributed by atoms with Gasteiger partial charge in [0.15, 0.2) is 0 Å². The van der Waals surface area contributed by atoms with Gasteiger partial charge in [-0.25, -0.2) is 0 Å². The molecule has 2 aromatic heterocycles. The van der Waals surface area contributed by atoms with Crippen molar-refractivity contribution in [3.05, 3.63) is 405 Å². The summed E-state index contributed by atoms with van der Waals surface area (Å²) in [5.74, 6) is 1.96. The first-order chi connectivity index (χ1) is 53.5. The lowest BCUT2D eigenvalue weighted by Gasteiger charge is -2.41. The standard InChI is InChI=1S/C106H70N2/c1-58-73-45-43-64(52-89(73)84-38-18-39-87-96(84)95(58)98-82-31-10-12-33-85(82)105-103(101(87)98)91-53-60-19-2-3-20-61(60)56-93(91)108(105)72-26-15-24-67(51-72)76-35-16-36-78-75-28-7-5-22-68(75)55-90(76)78)62-41-42-65-54-92-94(57-69(65)47-62)107(71-25-14-23-59(50-71)63-44-46-77-70(48-63)49-66-21-4-6-27-74(66)77)106-86-34-13-11-32-83(86)100-99-81-30-9-8-29-79(81)80-37-17-40-88(97(80)99)102(100)104(92)106/h2-48,51-54,56-58,71,73,78,89-90,95,102H,49-50,55H2,1H3/t58-,71?,73?,78?,89?,90?,95?,102?/m1/s1. The lowest BCUT2D eigenvalue weighted by Crippen LogP contribution is -2.30. The van der Waals surface area contributed by atoms with Crippen LogP contribution in [0, 0.1) is 17.8 Å². The van der Waals surface area contributed by atoms with Crippen LogP contribution in [0.2, 0.25) is 0 Å². The molecule has 2 heterocycles. The average molecular weight is 1370 g/mol. The van der Waals surface area contributed by atoms with Gasteiger partial charge in [0.1, 0.15) is 0 Å². The van der Waals surface area contributed by atoms with Crippen LogP contribution in [-0.4, -0.2) is 9.13 Å². The molecule has 0 radical (unpaired) electrons. The molecule has 0 saturated carbocycles. The van der Waals surface area contributed by atoms with E-state index in [1.807, 2.05) is 0 Å². The normalized spacial score (nSPS) is 21.3. The predicted molar refractivity (Wildman–Crippen MR) is 449 cm³/mol. The van der Waals surface area contributed by atoms with E-state index in [1.54, 1.807) is 0 Å². The lowest BCUT2D eigenvalue weighted by atomic mass is 9.62. The van der Waals surface area contributed by atoms with Crippen molar-refractivity contribution in [1.29, 1.82) is 0 Å². The Balaban J connectivity index is 0.628. The Hall–Kier alpha value is -12.6. The van der Waals surface area contributed by atoms with Crippen LogP contribution < -0.4 is 0 Å². The number of rotatable bonds is 5. The first kappa shape index (κ1) is 58.6. The molecule has 0 aliphatic heterocycles. The summed E-state index contributed by atoms with van der Waals surface area (Å²) in [5.41, 5.74) is 44.4. The fraction of sp³-hybridized carbons (Fsp3) is 0.113. The molecule has 10 aliphatic rings. The topological polar surface area (TPSA) is 9.86 Å². The highest BCUT2D eigenvalue weighted by Crippen LogP contribution is 2.67. The average Bonchev–Trinajstić information content (AvgIpc) is 1.51. The van der Waals surface area contributed by atoms with Gasteiger partial charge in [-0.2, -0.15) is 0 Å². The molecule has 14 aromatic carbocycles. The molecule has 16 aromatic rings. The Morgan fingerprint density at radius 2 is 1.11 bits per heavy atom. The highest BCUT2D eigenvalue weighted by Gasteiger charge is 2.49. The van der Waals surface area contributed by atoms with Crippen molar-refractivity contribution in [2.45, 2.75) is 55.9 Å². The molecule has 504 valence electrons. The number of nitrogens with zero attached hydrogens (tertiary/aromatic N) is 2. The van der Waals surface area contributed by atoms with E-state index in [9.17, 15) is 0 Å². The van der Waals surface area contributed by atoms with E-state index in [0.717, 1.165) is 19.3 Å². The molecule has 108 heavy (non-hydrogen) atoms. The molecule has 8 atom stereocenters. The monoisotopic (exact) mass is 1370 g/mol. The largest absolute Gasteiger partial charge is 0.333 e. The van der Waals surface area contributed by atoms with Crippen molar-refractivity contribution >= 4 is 92.9 Å². The van der Waals surface area contributed by atoms with Gasteiger partial charge in [-0.1, -0.05) is 286 Å². The Morgan fingerprint density at radius 1 is 0.407 bits per heavy atom. The summed E-state index contributed by atoms with van der Waals surface area (Å²) >= 11 is 0. The van der Waals surface area contributed by atoms with Crippen LogP contribution in [-0.2, 0) is 12.8 Å². The van der Waals surface area contributed by atoms with E-state index >= 15 is 0 Å². The van der Waals surface area contributed by atoms with Crippen LogP contribution in [0.1, 0.15) is 127 Å². The third-order valence-electron chi connectivity index (χ3n) is 27.7. The molecule has 0 N–H and O–H groups in total. The molecule has 26 rings (SSSR count). The van der Waals surface area contributed by atoms with E-state index in [-0.39, 0.29) is 23.8 Å². The van der Waals surface area contributed by atoms with E-state index in [0.29, 0.717) is 23.7 Å². The van der Waals surface area contributed by atoms with Crippen LogP contribution in [0.3, 0.4) is 0 Å². The highest BCUT2D eigenvalue weighted by molar-refractivity contribution is 6.28. The summed E-state index contributed by atoms with van der Waals surface area (Å²) in [6, 6.07) is 104. The van der Waals surface area contributed by atoms with Gasteiger partial charge in [-0.05, 0) is 251 Å². The molecule has 0 amide bonds. The summed E-state index contributed by atoms with van der Waals surface area (Å²) in [6.45, 7) is 2.58. The summed E-state index contributed by atoms with van der Waals surface area (Å²) in [4.78, 5) is 0. The summed E-state index contributed by atoms with van der Waals surface area (Å²) in [7, 11) is 0. The van der Waals surface area contributed by atoms with E-state index in [4.69, 9.17) is 0 Å². The predicted octanol–water partition coefficient (Wildman–Crippen LogP) is 26.4. The van der Waals surface area contributed by atoms with Crippen LogP contribution in [0.4, 0.5) is 0 Å². The van der Waals surface area contributed by atoms with Crippen molar-refractivity contribution in [3.8, 4) is 50.3 Å². The number of benzene rings is 14. The number of fused-ring (bicyclic) bond motifs is 32.